The number of nitriles is 1. The minimum atomic E-state index is -0.440. The van der Waals surface area contributed by atoms with Crippen molar-refractivity contribution in [3.8, 4) is 6.07 Å². The average Bonchev–Trinajstić information content (AvgIpc) is 2.18. The van der Waals surface area contributed by atoms with Gasteiger partial charge in [-0.3, -0.25) is 0 Å². The van der Waals surface area contributed by atoms with Gasteiger partial charge in [0, 0.05) is 6.04 Å². The molecule has 14 heavy (non-hydrogen) atoms. The van der Waals surface area contributed by atoms with Crippen LogP contribution >= 0.6 is 0 Å². The fourth-order valence-corrected chi connectivity index (χ4v) is 1.28. The van der Waals surface area contributed by atoms with E-state index in [1.165, 1.54) is 0 Å². The van der Waals surface area contributed by atoms with Crippen molar-refractivity contribution in [2.45, 2.75) is 32.2 Å². The maximum Gasteiger partial charge on any atom is 0.0766 e. The summed E-state index contributed by atoms with van der Waals surface area (Å²) in [4.78, 5) is 0. The van der Waals surface area contributed by atoms with E-state index in [1.807, 2.05) is 45.0 Å². The highest BCUT2D eigenvalue weighted by molar-refractivity contribution is 5.34. The third kappa shape index (κ3) is 2.12. The predicted octanol–water partition coefficient (Wildman–Crippen LogP) is 2.51. The van der Waals surface area contributed by atoms with Crippen LogP contribution in [0.15, 0.2) is 24.3 Å². The van der Waals surface area contributed by atoms with E-state index in [9.17, 15) is 0 Å². The first-order chi connectivity index (χ1) is 6.47. The molecule has 0 bridgehead atoms. The van der Waals surface area contributed by atoms with Gasteiger partial charge < -0.3 is 5.73 Å². The first-order valence-corrected chi connectivity index (χ1v) is 4.74. The van der Waals surface area contributed by atoms with Crippen molar-refractivity contribution in [1.82, 2.24) is 0 Å². The van der Waals surface area contributed by atoms with Crippen LogP contribution in [-0.2, 0) is 5.41 Å². The molecule has 2 nitrogen and oxygen atoms in total. The molecular formula is C12H16N2. The van der Waals surface area contributed by atoms with Gasteiger partial charge in [-0.25, -0.2) is 0 Å². The van der Waals surface area contributed by atoms with E-state index >= 15 is 0 Å². The second kappa shape index (κ2) is 3.81. The normalized spacial score (nSPS) is 13.4. The summed E-state index contributed by atoms with van der Waals surface area (Å²) in [6, 6.07) is 10.2. The molecular weight excluding hydrogens is 172 g/mol. The Labute approximate surface area is 85.4 Å². The Morgan fingerprint density at radius 1 is 1.43 bits per heavy atom. The Kier molecular flexibility index (Phi) is 2.93. The van der Waals surface area contributed by atoms with Crippen molar-refractivity contribution >= 4 is 0 Å². The number of hydrogen-bond acceptors (Lipinski definition) is 2. The third-order valence-electron chi connectivity index (χ3n) is 2.41. The van der Waals surface area contributed by atoms with Crippen molar-refractivity contribution in [3.63, 3.8) is 0 Å². The molecule has 0 unspecified atom stereocenters. The van der Waals surface area contributed by atoms with E-state index in [4.69, 9.17) is 11.0 Å². The van der Waals surface area contributed by atoms with Crippen molar-refractivity contribution in [3.05, 3.63) is 35.4 Å². The van der Waals surface area contributed by atoms with E-state index in [1.54, 1.807) is 0 Å². The topological polar surface area (TPSA) is 49.8 Å². The van der Waals surface area contributed by atoms with Gasteiger partial charge in [0.15, 0.2) is 0 Å². The lowest BCUT2D eigenvalue weighted by Crippen LogP contribution is -2.15. The van der Waals surface area contributed by atoms with Gasteiger partial charge in [0.1, 0.15) is 0 Å². The molecule has 0 heterocycles. The van der Waals surface area contributed by atoms with Crippen LogP contribution < -0.4 is 5.73 Å². The van der Waals surface area contributed by atoms with Crippen molar-refractivity contribution in [2.24, 2.45) is 5.73 Å². The Balaban J connectivity index is 3.14. The molecule has 0 radical (unpaired) electrons. The van der Waals surface area contributed by atoms with Crippen LogP contribution in [0.5, 0.6) is 0 Å². The van der Waals surface area contributed by atoms with Crippen LogP contribution in [0, 0.1) is 11.3 Å². The molecule has 0 saturated heterocycles. The highest BCUT2D eigenvalue weighted by atomic mass is 14.6. The monoisotopic (exact) mass is 188 g/mol. The fourth-order valence-electron chi connectivity index (χ4n) is 1.28. The van der Waals surface area contributed by atoms with Crippen LogP contribution in [0.4, 0.5) is 0 Å². The largest absolute Gasteiger partial charge is 0.324 e. The number of nitrogens with zero attached hydrogens (tertiary/aromatic N) is 1. The molecule has 0 fully saturated rings. The molecule has 0 aliphatic heterocycles. The molecule has 0 aromatic heterocycles. The second-order valence-electron chi connectivity index (χ2n) is 4.15. The molecule has 0 saturated carbocycles. The zero-order valence-electron chi connectivity index (χ0n) is 8.91. The van der Waals surface area contributed by atoms with Crippen LogP contribution in [0.1, 0.15) is 37.9 Å². The molecule has 2 N–H and O–H groups in total. The summed E-state index contributed by atoms with van der Waals surface area (Å²) >= 11 is 0. The summed E-state index contributed by atoms with van der Waals surface area (Å²) in [7, 11) is 0. The Morgan fingerprint density at radius 2 is 2.07 bits per heavy atom. The average molecular weight is 188 g/mol. The van der Waals surface area contributed by atoms with E-state index < -0.39 is 5.41 Å². The first-order valence-electron chi connectivity index (χ1n) is 4.74. The number of nitrogens with two attached hydrogens (primary N) is 1. The first kappa shape index (κ1) is 10.7. The van der Waals surface area contributed by atoms with Gasteiger partial charge in [-0.2, -0.15) is 5.26 Å². The molecule has 0 aliphatic rings. The smallest absolute Gasteiger partial charge is 0.0766 e. The van der Waals surface area contributed by atoms with E-state index in [0.29, 0.717) is 0 Å². The Bertz CT molecular complexity index is 359. The summed E-state index contributed by atoms with van der Waals surface area (Å²) < 4.78 is 0. The van der Waals surface area contributed by atoms with Gasteiger partial charge in [0.25, 0.3) is 0 Å². The van der Waals surface area contributed by atoms with Gasteiger partial charge in [0.2, 0.25) is 0 Å². The molecule has 0 spiro atoms. The highest BCUT2D eigenvalue weighted by Crippen LogP contribution is 2.24. The van der Waals surface area contributed by atoms with Gasteiger partial charge in [-0.15, -0.1) is 0 Å². The molecule has 2 heteroatoms. The minimum Gasteiger partial charge on any atom is -0.324 e. The zero-order chi connectivity index (χ0) is 10.8. The SMILES string of the molecule is C[C@@H](N)c1cccc(C(C)(C)C#N)c1. The number of benzene rings is 1. The summed E-state index contributed by atoms with van der Waals surface area (Å²) in [5.74, 6) is 0. The lowest BCUT2D eigenvalue weighted by Gasteiger charge is -2.17. The summed E-state index contributed by atoms with van der Waals surface area (Å²) in [6.45, 7) is 5.76. The second-order valence-corrected chi connectivity index (χ2v) is 4.15. The standard InChI is InChI=1S/C12H16N2/c1-9(14)10-5-4-6-11(7-10)12(2,3)8-13/h4-7,9H,14H2,1-3H3/t9-/m1/s1. The van der Waals surface area contributed by atoms with Crippen LogP contribution in [0.25, 0.3) is 0 Å². The maximum absolute atomic E-state index is 9.00. The lowest BCUT2D eigenvalue weighted by atomic mass is 9.85. The number of hydrogen-bond donors (Lipinski definition) is 1. The highest BCUT2D eigenvalue weighted by Gasteiger charge is 2.19. The Hall–Kier alpha value is -1.33. The molecule has 0 aliphatic carbocycles. The molecule has 1 aromatic carbocycles. The van der Waals surface area contributed by atoms with Gasteiger partial charge in [-0.05, 0) is 31.9 Å². The predicted molar refractivity (Wildman–Crippen MR) is 57.7 cm³/mol. The van der Waals surface area contributed by atoms with E-state index in [-0.39, 0.29) is 6.04 Å². The van der Waals surface area contributed by atoms with Gasteiger partial charge >= 0.3 is 0 Å². The maximum atomic E-state index is 9.00. The molecule has 1 rings (SSSR count). The van der Waals surface area contributed by atoms with E-state index in [0.717, 1.165) is 11.1 Å². The molecule has 1 aromatic rings. The third-order valence-corrected chi connectivity index (χ3v) is 2.41. The summed E-state index contributed by atoms with van der Waals surface area (Å²) in [6.07, 6.45) is 0. The van der Waals surface area contributed by atoms with E-state index in [2.05, 4.69) is 6.07 Å². The quantitative estimate of drug-likeness (QED) is 0.775. The summed E-state index contributed by atoms with van der Waals surface area (Å²) in [5.41, 5.74) is 7.44. The molecule has 1 atom stereocenters. The lowest BCUT2D eigenvalue weighted by molar-refractivity contribution is 0.682. The van der Waals surface area contributed by atoms with Crippen molar-refractivity contribution in [2.75, 3.05) is 0 Å². The van der Waals surface area contributed by atoms with Crippen LogP contribution in [0.3, 0.4) is 0 Å². The Morgan fingerprint density at radius 3 is 2.57 bits per heavy atom. The number of rotatable bonds is 2. The van der Waals surface area contributed by atoms with Gasteiger partial charge in [-0.1, -0.05) is 24.3 Å². The van der Waals surface area contributed by atoms with Crippen LogP contribution in [-0.4, -0.2) is 0 Å². The summed E-state index contributed by atoms with van der Waals surface area (Å²) in [5, 5.41) is 9.00. The molecule has 0 amide bonds. The fraction of sp³-hybridized carbons (Fsp3) is 0.417. The zero-order valence-corrected chi connectivity index (χ0v) is 8.91. The van der Waals surface area contributed by atoms with Gasteiger partial charge in [0.05, 0.1) is 11.5 Å². The van der Waals surface area contributed by atoms with Crippen molar-refractivity contribution in [1.29, 1.82) is 5.26 Å². The van der Waals surface area contributed by atoms with Crippen LogP contribution in [0.2, 0.25) is 0 Å². The molecule has 74 valence electrons. The van der Waals surface area contributed by atoms with Crippen molar-refractivity contribution < 1.29 is 0 Å². The minimum absolute atomic E-state index is 0.0180.